The summed E-state index contributed by atoms with van der Waals surface area (Å²) in [5.41, 5.74) is 7.09. The molecule has 0 saturated carbocycles. The lowest BCUT2D eigenvalue weighted by Gasteiger charge is -2.23. The number of nitrogens with one attached hydrogen (secondary N) is 1. The standard InChI is InChI=1S/C17H10Br2N2O6.C14H20N2O4.C4HBrO3.CH4/c18-10-6-13(22)20(15(10)24)9-3-1-8(2-4-9)5-12(17(26)27)21-14(23)7-11(19)16(21)25;1-14(2,3)20-13(19)16-11(12(17)18)8-9-4-6-10(15)7-5-9;5-2-1-3(6)8-4(2)7;/h1-4,6-7,12H,5H2,(H,26,27);4-7,11H,8,15H2,1-3H3,(H,16,19)(H,17,18);1H;1H4/t12-;11-;;/m00../s1. The molecule has 2 atom stereocenters. The summed E-state index contributed by atoms with van der Waals surface area (Å²) in [4.78, 5) is 104. The first-order valence-corrected chi connectivity index (χ1v) is 18.0. The average molecular weight is 971 g/mol. The van der Waals surface area contributed by atoms with Gasteiger partial charge in [-0.25, -0.2) is 28.9 Å². The Labute approximate surface area is 344 Å². The molecular formula is C36H35Br3N4O13. The van der Waals surface area contributed by atoms with Gasteiger partial charge in [-0.15, -0.1) is 0 Å². The highest BCUT2D eigenvalue weighted by atomic mass is 79.9. The first kappa shape index (κ1) is 46.7. The first-order chi connectivity index (χ1) is 25.6. The van der Waals surface area contributed by atoms with Gasteiger partial charge in [-0.3, -0.25) is 24.1 Å². The molecule has 2 aromatic carbocycles. The number of amides is 5. The van der Waals surface area contributed by atoms with Gasteiger partial charge in [0.05, 0.1) is 14.7 Å². The molecule has 0 spiro atoms. The highest BCUT2D eigenvalue weighted by Crippen LogP contribution is 2.27. The zero-order chi connectivity index (χ0) is 41.4. The molecule has 0 aliphatic carbocycles. The summed E-state index contributed by atoms with van der Waals surface area (Å²) in [5, 5.41) is 20.9. The van der Waals surface area contributed by atoms with Gasteiger partial charge in [-0.05, 0) is 104 Å². The van der Waals surface area contributed by atoms with Crippen molar-refractivity contribution in [1.82, 2.24) is 10.2 Å². The Bertz CT molecular complexity index is 2020. The third kappa shape index (κ3) is 13.1. The number of ether oxygens (including phenoxy) is 2. The number of carbonyl (C=O) groups excluding carboxylic acids is 7. The second-order valence-electron chi connectivity index (χ2n) is 12.4. The predicted molar refractivity (Wildman–Crippen MR) is 210 cm³/mol. The number of imide groups is 2. The molecule has 0 fully saturated rings. The highest BCUT2D eigenvalue weighted by molar-refractivity contribution is 9.12. The fraction of sp³-hybridized carbons (Fsp3) is 0.250. The summed E-state index contributed by atoms with van der Waals surface area (Å²) in [7, 11) is 0. The fourth-order valence-corrected chi connectivity index (χ4v) is 5.63. The van der Waals surface area contributed by atoms with Crippen molar-refractivity contribution in [3.05, 3.63) is 91.3 Å². The van der Waals surface area contributed by atoms with Crippen molar-refractivity contribution in [1.29, 1.82) is 0 Å². The summed E-state index contributed by atoms with van der Waals surface area (Å²) in [6, 6.07) is 10.4. The van der Waals surface area contributed by atoms with Gasteiger partial charge in [0.15, 0.2) is 0 Å². The number of halogens is 3. The molecule has 5 N–H and O–H groups in total. The lowest BCUT2D eigenvalue weighted by molar-refractivity contribution is -0.153. The molecule has 2 aromatic rings. The Kier molecular flexibility index (Phi) is 16.6. The minimum Gasteiger partial charge on any atom is -0.480 e. The largest absolute Gasteiger partial charge is 0.480 e. The number of nitrogens with zero attached hydrogens (tertiary/aromatic N) is 2. The minimum atomic E-state index is -1.38. The van der Waals surface area contributed by atoms with E-state index in [2.05, 4.69) is 57.8 Å². The van der Waals surface area contributed by atoms with Gasteiger partial charge in [0.2, 0.25) is 0 Å². The van der Waals surface area contributed by atoms with E-state index in [-0.39, 0.29) is 33.7 Å². The third-order valence-corrected chi connectivity index (χ3v) is 8.74. The maximum absolute atomic E-state index is 12.0. The maximum atomic E-state index is 12.0. The zero-order valence-electron chi connectivity index (χ0n) is 28.9. The van der Waals surface area contributed by atoms with Crippen LogP contribution in [0.4, 0.5) is 16.2 Å². The molecule has 20 heteroatoms. The molecule has 3 heterocycles. The summed E-state index contributed by atoms with van der Waals surface area (Å²) in [6.07, 6.45) is 2.56. The number of aliphatic carboxylic acids is 2. The molecular weight excluding hydrogens is 936 g/mol. The van der Waals surface area contributed by atoms with Gasteiger partial charge in [0, 0.05) is 36.8 Å². The van der Waals surface area contributed by atoms with E-state index in [0.717, 1.165) is 28.7 Å². The molecule has 3 aliphatic rings. The van der Waals surface area contributed by atoms with Crippen LogP contribution in [0.5, 0.6) is 0 Å². The van der Waals surface area contributed by atoms with Crippen LogP contribution in [0.25, 0.3) is 0 Å². The summed E-state index contributed by atoms with van der Waals surface area (Å²) < 4.78 is 9.42. The van der Waals surface area contributed by atoms with Crippen molar-refractivity contribution >= 4 is 113 Å². The van der Waals surface area contributed by atoms with E-state index in [9.17, 15) is 48.3 Å². The van der Waals surface area contributed by atoms with E-state index in [1.54, 1.807) is 45.0 Å². The van der Waals surface area contributed by atoms with Crippen molar-refractivity contribution < 1.29 is 62.8 Å². The molecule has 0 unspecified atom stereocenters. The van der Waals surface area contributed by atoms with Crippen LogP contribution in [0.3, 0.4) is 0 Å². The van der Waals surface area contributed by atoms with E-state index in [0.29, 0.717) is 21.8 Å². The second-order valence-corrected chi connectivity index (χ2v) is 14.9. The number of cyclic esters (lactones) is 2. The smallest absolute Gasteiger partial charge is 0.408 e. The van der Waals surface area contributed by atoms with Crippen molar-refractivity contribution in [3.63, 3.8) is 0 Å². The van der Waals surface area contributed by atoms with E-state index >= 15 is 0 Å². The number of benzene rings is 2. The van der Waals surface area contributed by atoms with Crippen LogP contribution in [0, 0.1) is 0 Å². The quantitative estimate of drug-likeness (QED) is 0.119. The molecule has 0 aromatic heterocycles. The highest BCUT2D eigenvalue weighted by Gasteiger charge is 2.39. The van der Waals surface area contributed by atoms with Crippen LogP contribution in [0.2, 0.25) is 0 Å². The molecule has 3 aliphatic heterocycles. The first-order valence-electron chi connectivity index (χ1n) is 15.6. The van der Waals surface area contributed by atoms with Gasteiger partial charge in [0.25, 0.3) is 23.6 Å². The van der Waals surface area contributed by atoms with Gasteiger partial charge in [-0.2, -0.15) is 0 Å². The van der Waals surface area contributed by atoms with E-state index in [1.165, 1.54) is 24.3 Å². The SMILES string of the molecule is C.CC(C)(C)OC(=O)N[C@@H](Cc1ccc(N)cc1)C(=O)O.O=C(O)[C@H](Cc1ccc(N2C(=O)C=C(Br)C2=O)cc1)N1C(=O)C=C(Br)C1=O.O=C1C=C(Br)C(=O)O1. The summed E-state index contributed by atoms with van der Waals surface area (Å²) >= 11 is 8.74. The number of anilines is 2. The normalized spacial score (nSPS) is 15.9. The number of alkyl carbamates (subject to hydrolysis) is 1. The number of nitrogen functional groups attached to an aromatic ring is 1. The molecule has 56 heavy (non-hydrogen) atoms. The lowest BCUT2D eigenvalue weighted by Crippen LogP contribution is -2.46. The Morgan fingerprint density at radius 2 is 1.29 bits per heavy atom. The lowest BCUT2D eigenvalue weighted by atomic mass is 10.0. The topological polar surface area (TPSA) is 257 Å². The minimum absolute atomic E-state index is 0. The van der Waals surface area contributed by atoms with Crippen LogP contribution in [-0.2, 0) is 60.7 Å². The zero-order valence-corrected chi connectivity index (χ0v) is 33.7. The van der Waals surface area contributed by atoms with Gasteiger partial charge in [0.1, 0.15) is 22.2 Å². The number of carboxylic acids is 2. The van der Waals surface area contributed by atoms with E-state index in [1.807, 2.05) is 0 Å². The summed E-state index contributed by atoms with van der Waals surface area (Å²) in [5.74, 6) is -6.08. The molecule has 0 saturated heterocycles. The number of hydrogen-bond donors (Lipinski definition) is 4. The molecule has 17 nitrogen and oxygen atoms in total. The maximum Gasteiger partial charge on any atom is 0.408 e. The second kappa shape index (κ2) is 19.9. The van der Waals surface area contributed by atoms with Crippen LogP contribution in [0.15, 0.2) is 80.2 Å². The number of carboxylic acid groups (broad SMARTS) is 2. The monoisotopic (exact) mass is 968 g/mol. The van der Waals surface area contributed by atoms with Gasteiger partial charge in [-0.1, -0.05) is 31.7 Å². The van der Waals surface area contributed by atoms with Crippen LogP contribution in [-0.4, -0.2) is 86.4 Å². The third-order valence-electron chi connectivity index (χ3n) is 7.05. The van der Waals surface area contributed by atoms with Crippen molar-refractivity contribution in [2.24, 2.45) is 0 Å². The summed E-state index contributed by atoms with van der Waals surface area (Å²) in [6.45, 7) is 5.13. The van der Waals surface area contributed by atoms with Crippen molar-refractivity contribution in [3.8, 4) is 0 Å². The Morgan fingerprint density at radius 1 is 0.768 bits per heavy atom. The number of esters is 2. The average Bonchev–Trinajstić information content (AvgIpc) is 3.62. The molecule has 298 valence electrons. The Hall–Kier alpha value is -5.47. The molecule has 5 rings (SSSR count). The number of rotatable bonds is 9. The predicted octanol–water partition coefficient (Wildman–Crippen LogP) is 4.26. The van der Waals surface area contributed by atoms with Gasteiger partial charge >= 0.3 is 30.0 Å². The Morgan fingerprint density at radius 3 is 1.68 bits per heavy atom. The fourth-order valence-electron chi connectivity index (χ4n) is 4.60. The van der Waals surface area contributed by atoms with Crippen molar-refractivity contribution in [2.75, 3.05) is 10.6 Å². The van der Waals surface area contributed by atoms with Crippen molar-refractivity contribution in [2.45, 2.75) is 58.7 Å². The number of nitrogens with two attached hydrogens (primary N) is 1. The van der Waals surface area contributed by atoms with Gasteiger partial charge < -0.3 is 30.7 Å². The molecule has 0 radical (unpaired) electrons. The van der Waals surface area contributed by atoms with E-state index in [4.69, 9.17) is 15.6 Å². The number of carbonyl (C=O) groups is 9. The van der Waals surface area contributed by atoms with Crippen LogP contribution < -0.4 is 16.0 Å². The van der Waals surface area contributed by atoms with E-state index < -0.39 is 71.3 Å². The molecule has 0 bridgehead atoms. The van der Waals surface area contributed by atoms with Crippen LogP contribution in [0.1, 0.15) is 39.3 Å². The molecule has 5 amide bonds. The Balaban J connectivity index is 0.000000327. The van der Waals surface area contributed by atoms with Crippen LogP contribution >= 0.6 is 47.8 Å². The number of hydrogen-bond acceptors (Lipinski definition) is 12.